The van der Waals surface area contributed by atoms with E-state index in [4.69, 9.17) is 16.3 Å². The van der Waals surface area contributed by atoms with Crippen LogP contribution in [-0.2, 0) is 11.8 Å². The first-order chi connectivity index (χ1) is 6.90. The zero-order valence-corrected chi connectivity index (χ0v) is 10.9. The van der Waals surface area contributed by atoms with Gasteiger partial charge in [0.05, 0.1) is 12.1 Å². The highest BCUT2D eigenvalue weighted by atomic mass is 35.5. The molecule has 2 heteroatoms. The third-order valence-corrected chi connectivity index (χ3v) is 2.80. The predicted octanol–water partition coefficient (Wildman–Crippen LogP) is 4.21. The van der Waals surface area contributed by atoms with E-state index in [1.165, 1.54) is 11.1 Å². The molecule has 0 N–H and O–H groups in total. The van der Waals surface area contributed by atoms with Crippen LogP contribution in [-0.4, -0.2) is 7.11 Å². The van der Waals surface area contributed by atoms with Crippen LogP contribution in [0.5, 0.6) is 5.75 Å². The van der Waals surface area contributed by atoms with Crippen molar-refractivity contribution in [1.82, 2.24) is 0 Å². The zero-order valence-electron chi connectivity index (χ0n) is 10.1. The van der Waals surface area contributed by atoms with Crippen LogP contribution in [0.4, 0.5) is 0 Å². The van der Waals surface area contributed by atoms with E-state index in [1.54, 1.807) is 7.11 Å². The molecule has 1 rings (SSSR count). The molecular formula is C13H19ClO. The Kier molecular flexibility index (Phi) is 3.67. The summed E-state index contributed by atoms with van der Waals surface area (Å²) in [7, 11) is 1.67. The normalized spacial score (nSPS) is 11.6. The molecule has 0 unspecified atom stereocenters. The minimum atomic E-state index is 0.0557. The van der Waals surface area contributed by atoms with E-state index < -0.39 is 0 Å². The standard InChI is InChI=1S/C13H19ClO/c1-6-9-7-10(13(2,3)4)12(15-5)11(14)8-9/h7-8H,6H2,1-5H3. The third-order valence-electron chi connectivity index (χ3n) is 2.52. The van der Waals surface area contributed by atoms with Crippen molar-refractivity contribution in [1.29, 1.82) is 0 Å². The maximum absolute atomic E-state index is 6.19. The van der Waals surface area contributed by atoms with Gasteiger partial charge in [-0.1, -0.05) is 45.4 Å². The maximum Gasteiger partial charge on any atom is 0.141 e. The number of rotatable bonds is 2. The highest BCUT2D eigenvalue weighted by molar-refractivity contribution is 6.32. The quantitative estimate of drug-likeness (QED) is 0.734. The second-order valence-corrected chi connectivity index (χ2v) is 5.17. The molecule has 0 aromatic heterocycles. The molecule has 1 aromatic rings. The van der Waals surface area contributed by atoms with Gasteiger partial charge in [-0.2, -0.15) is 0 Å². The van der Waals surface area contributed by atoms with Gasteiger partial charge in [0.15, 0.2) is 0 Å². The van der Waals surface area contributed by atoms with E-state index >= 15 is 0 Å². The molecule has 0 saturated heterocycles. The number of methoxy groups -OCH3 is 1. The van der Waals surface area contributed by atoms with Crippen molar-refractivity contribution in [3.63, 3.8) is 0 Å². The van der Waals surface area contributed by atoms with Crippen LogP contribution in [0, 0.1) is 0 Å². The zero-order chi connectivity index (χ0) is 11.6. The molecule has 0 bridgehead atoms. The first-order valence-corrected chi connectivity index (χ1v) is 5.64. The lowest BCUT2D eigenvalue weighted by Crippen LogP contribution is -2.13. The lowest BCUT2D eigenvalue weighted by atomic mass is 9.85. The molecule has 0 aliphatic carbocycles. The summed E-state index contributed by atoms with van der Waals surface area (Å²) < 4.78 is 5.37. The Morgan fingerprint density at radius 1 is 1.27 bits per heavy atom. The Morgan fingerprint density at radius 2 is 1.87 bits per heavy atom. The van der Waals surface area contributed by atoms with Crippen molar-refractivity contribution in [2.75, 3.05) is 7.11 Å². The highest BCUT2D eigenvalue weighted by Gasteiger charge is 2.21. The fourth-order valence-corrected chi connectivity index (χ4v) is 1.94. The van der Waals surface area contributed by atoms with E-state index in [0.29, 0.717) is 5.02 Å². The smallest absolute Gasteiger partial charge is 0.141 e. The van der Waals surface area contributed by atoms with Crippen molar-refractivity contribution < 1.29 is 4.74 Å². The fraction of sp³-hybridized carbons (Fsp3) is 0.538. The number of benzene rings is 1. The molecule has 0 saturated carbocycles. The second kappa shape index (κ2) is 4.44. The summed E-state index contributed by atoms with van der Waals surface area (Å²) in [5, 5.41) is 0.710. The van der Waals surface area contributed by atoms with E-state index in [-0.39, 0.29) is 5.41 Å². The molecule has 15 heavy (non-hydrogen) atoms. The van der Waals surface area contributed by atoms with Gasteiger partial charge in [-0.3, -0.25) is 0 Å². The van der Waals surface area contributed by atoms with E-state index in [0.717, 1.165) is 12.2 Å². The average molecular weight is 227 g/mol. The summed E-state index contributed by atoms with van der Waals surface area (Å²) >= 11 is 6.19. The number of ether oxygens (including phenoxy) is 1. The average Bonchev–Trinajstić information content (AvgIpc) is 2.15. The van der Waals surface area contributed by atoms with Crippen molar-refractivity contribution in [2.45, 2.75) is 39.5 Å². The largest absolute Gasteiger partial charge is 0.495 e. The van der Waals surface area contributed by atoms with Crippen LogP contribution < -0.4 is 4.74 Å². The molecule has 84 valence electrons. The van der Waals surface area contributed by atoms with Crippen LogP contribution >= 0.6 is 11.6 Å². The molecule has 0 spiro atoms. The first kappa shape index (κ1) is 12.4. The van der Waals surface area contributed by atoms with Crippen molar-refractivity contribution in [3.05, 3.63) is 28.3 Å². The van der Waals surface area contributed by atoms with Gasteiger partial charge in [-0.05, 0) is 23.5 Å². The molecule has 0 radical (unpaired) electrons. The van der Waals surface area contributed by atoms with E-state index in [2.05, 4.69) is 33.8 Å². The molecule has 0 fully saturated rings. The summed E-state index contributed by atoms with van der Waals surface area (Å²) in [6.45, 7) is 8.63. The van der Waals surface area contributed by atoms with Crippen molar-refractivity contribution >= 4 is 11.6 Å². The van der Waals surface area contributed by atoms with Crippen LogP contribution in [0.1, 0.15) is 38.8 Å². The summed E-state index contributed by atoms with van der Waals surface area (Å²) in [6, 6.07) is 4.17. The van der Waals surface area contributed by atoms with E-state index in [1.807, 2.05) is 6.07 Å². The van der Waals surface area contributed by atoms with Gasteiger partial charge in [0.25, 0.3) is 0 Å². The van der Waals surface area contributed by atoms with E-state index in [9.17, 15) is 0 Å². The number of hydrogen-bond donors (Lipinski definition) is 0. The van der Waals surface area contributed by atoms with Gasteiger partial charge in [-0.15, -0.1) is 0 Å². The minimum absolute atomic E-state index is 0.0557. The van der Waals surface area contributed by atoms with Gasteiger partial charge in [0.1, 0.15) is 5.75 Å². The number of hydrogen-bond acceptors (Lipinski definition) is 1. The summed E-state index contributed by atoms with van der Waals surface area (Å²) in [5.41, 5.74) is 2.49. The molecule has 0 amide bonds. The predicted molar refractivity (Wildman–Crippen MR) is 66.1 cm³/mol. The molecular weight excluding hydrogens is 208 g/mol. The first-order valence-electron chi connectivity index (χ1n) is 5.27. The molecule has 0 atom stereocenters. The Balaban J connectivity index is 3.39. The maximum atomic E-state index is 6.19. The van der Waals surface area contributed by atoms with Crippen LogP contribution in [0.2, 0.25) is 5.02 Å². The summed E-state index contributed by atoms with van der Waals surface area (Å²) in [5.74, 6) is 0.807. The van der Waals surface area contributed by atoms with Gasteiger partial charge in [0.2, 0.25) is 0 Å². The molecule has 0 heterocycles. The third kappa shape index (κ3) is 2.66. The number of halogens is 1. The lowest BCUT2D eigenvalue weighted by Gasteiger charge is -2.23. The molecule has 0 aliphatic rings. The van der Waals surface area contributed by atoms with Crippen LogP contribution in [0.25, 0.3) is 0 Å². The Bertz CT molecular complexity index is 350. The summed E-state index contributed by atoms with van der Waals surface area (Å²) in [4.78, 5) is 0. The van der Waals surface area contributed by atoms with Crippen molar-refractivity contribution in [3.8, 4) is 5.75 Å². The second-order valence-electron chi connectivity index (χ2n) is 4.76. The highest BCUT2D eigenvalue weighted by Crippen LogP contribution is 2.37. The lowest BCUT2D eigenvalue weighted by molar-refractivity contribution is 0.397. The monoisotopic (exact) mass is 226 g/mol. The molecule has 1 aromatic carbocycles. The van der Waals surface area contributed by atoms with Crippen molar-refractivity contribution in [2.24, 2.45) is 0 Å². The van der Waals surface area contributed by atoms with Gasteiger partial charge in [0, 0.05) is 5.56 Å². The minimum Gasteiger partial charge on any atom is -0.495 e. The van der Waals surface area contributed by atoms with Gasteiger partial charge in [-0.25, -0.2) is 0 Å². The summed E-state index contributed by atoms with van der Waals surface area (Å²) in [6.07, 6.45) is 0.993. The SMILES string of the molecule is CCc1cc(Cl)c(OC)c(C(C)(C)C)c1. The molecule has 1 nitrogen and oxygen atoms in total. The van der Waals surface area contributed by atoms with Gasteiger partial charge < -0.3 is 4.74 Å². The Hall–Kier alpha value is -0.690. The number of aryl methyl sites for hydroxylation is 1. The van der Waals surface area contributed by atoms with Gasteiger partial charge >= 0.3 is 0 Å². The molecule has 0 aliphatic heterocycles. The van der Waals surface area contributed by atoms with Crippen LogP contribution in [0.15, 0.2) is 12.1 Å². The van der Waals surface area contributed by atoms with Crippen LogP contribution in [0.3, 0.4) is 0 Å². The topological polar surface area (TPSA) is 9.23 Å². The fourth-order valence-electron chi connectivity index (χ4n) is 1.62. The Morgan fingerprint density at radius 3 is 2.27 bits per heavy atom. The Labute approximate surface area is 97.4 Å².